The van der Waals surface area contributed by atoms with Gasteiger partial charge in [0.15, 0.2) is 0 Å². The normalized spacial score (nSPS) is 15.7. The fourth-order valence-electron chi connectivity index (χ4n) is 4.45. The van der Waals surface area contributed by atoms with Gasteiger partial charge in [0, 0.05) is 5.56 Å². The van der Waals surface area contributed by atoms with Crippen LogP contribution in [0.4, 0.5) is 13.2 Å². The van der Waals surface area contributed by atoms with Crippen LogP contribution in [0.1, 0.15) is 58.8 Å². The van der Waals surface area contributed by atoms with E-state index in [4.69, 9.17) is 9.72 Å². The van der Waals surface area contributed by atoms with E-state index in [-0.39, 0.29) is 25.0 Å². The Labute approximate surface area is 207 Å². The molecular formula is C27H29F3N2O2S. The van der Waals surface area contributed by atoms with Crippen molar-refractivity contribution in [2.75, 3.05) is 19.7 Å². The minimum Gasteiger partial charge on any atom is -0.466 e. The molecule has 1 unspecified atom stereocenters. The third-order valence-corrected chi connectivity index (χ3v) is 7.29. The summed E-state index contributed by atoms with van der Waals surface area (Å²) < 4.78 is 44.6. The van der Waals surface area contributed by atoms with E-state index in [0.717, 1.165) is 54.1 Å². The third-order valence-electron chi connectivity index (χ3n) is 6.18. The molecule has 8 heteroatoms. The van der Waals surface area contributed by atoms with E-state index in [0.29, 0.717) is 16.3 Å². The summed E-state index contributed by atoms with van der Waals surface area (Å²) in [7, 11) is 0. The van der Waals surface area contributed by atoms with Crippen molar-refractivity contribution in [1.29, 1.82) is 0 Å². The fourth-order valence-corrected chi connectivity index (χ4v) is 5.69. The second kappa shape index (κ2) is 10.9. The topological polar surface area (TPSA) is 42.4 Å². The Morgan fingerprint density at radius 2 is 1.71 bits per heavy atom. The highest BCUT2D eigenvalue weighted by atomic mass is 32.1. The zero-order chi connectivity index (χ0) is 25.0. The van der Waals surface area contributed by atoms with E-state index in [9.17, 15) is 18.0 Å². The minimum atomic E-state index is -4.41. The molecule has 0 N–H and O–H groups in total. The zero-order valence-electron chi connectivity index (χ0n) is 19.9. The molecular weight excluding hydrogens is 473 g/mol. The highest BCUT2D eigenvalue weighted by molar-refractivity contribution is 7.12. The van der Waals surface area contributed by atoms with Crippen LogP contribution in [0.5, 0.6) is 0 Å². The van der Waals surface area contributed by atoms with E-state index in [1.807, 2.05) is 6.92 Å². The number of alkyl halides is 3. The van der Waals surface area contributed by atoms with E-state index in [2.05, 4.69) is 29.2 Å². The number of rotatable bonds is 7. The molecule has 0 radical (unpaired) electrons. The number of hydrogen-bond acceptors (Lipinski definition) is 5. The number of likely N-dealkylation sites (tertiary alicyclic amines) is 1. The predicted octanol–water partition coefficient (Wildman–Crippen LogP) is 6.82. The molecule has 1 aromatic heterocycles. The first-order valence-corrected chi connectivity index (χ1v) is 12.7. The number of esters is 1. The lowest BCUT2D eigenvalue weighted by Gasteiger charge is -2.35. The van der Waals surface area contributed by atoms with Gasteiger partial charge in [0.2, 0.25) is 0 Å². The maximum atomic E-state index is 13.2. The van der Waals surface area contributed by atoms with Crippen molar-refractivity contribution in [2.45, 2.75) is 51.7 Å². The summed E-state index contributed by atoms with van der Waals surface area (Å²) >= 11 is 1.44. The Balaban J connectivity index is 1.82. The molecule has 1 aliphatic rings. The van der Waals surface area contributed by atoms with Gasteiger partial charge in [-0.15, -0.1) is 11.3 Å². The van der Waals surface area contributed by atoms with Gasteiger partial charge >= 0.3 is 12.1 Å². The minimum absolute atomic E-state index is 0.0345. The van der Waals surface area contributed by atoms with Crippen LogP contribution in [-0.2, 0) is 22.1 Å². The second-order valence-electron chi connectivity index (χ2n) is 8.79. The first-order valence-electron chi connectivity index (χ1n) is 11.9. The molecule has 0 bridgehead atoms. The number of thiazole rings is 1. The largest absolute Gasteiger partial charge is 0.466 e. The van der Waals surface area contributed by atoms with E-state index in [1.54, 1.807) is 6.92 Å². The summed E-state index contributed by atoms with van der Waals surface area (Å²) in [5.41, 5.74) is 2.79. The highest BCUT2D eigenvalue weighted by Crippen LogP contribution is 2.41. The Morgan fingerprint density at radius 1 is 1.06 bits per heavy atom. The Hall–Kier alpha value is -2.71. The lowest BCUT2D eigenvalue weighted by Crippen LogP contribution is -2.34. The molecule has 1 fully saturated rings. The number of hydrogen-bond donors (Lipinski definition) is 0. The molecule has 186 valence electrons. The van der Waals surface area contributed by atoms with Crippen molar-refractivity contribution in [3.63, 3.8) is 0 Å². The standard InChI is InChI=1S/C27H29F3N2O2S/c1-3-34-23(33)17-22-31-24(19-11-13-21(14-12-19)27(28,29)30)26(35-22)25(32-15-5-4-6-16-32)20-9-7-18(2)8-10-20/h7-14,25H,3-6,15-17H2,1-2H3. The number of carbonyl (C=O) groups is 1. The van der Waals surface area contributed by atoms with Gasteiger partial charge in [0.1, 0.15) is 5.01 Å². The van der Waals surface area contributed by atoms with Crippen molar-refractivity contribution in [3.8, 4) is 11.3 Å². The molecule has 2 heterocycles. The van der Waals surface area contributed by atoms with Crippen LogP contribution in [0.2, 0.25) is 0 Å². The van der Waals surface area contributed by atoms with E-state index < -0.39 is 11.7 Å². The molecule has 0 saturated carbocycles. The number of piperidine rings is 1. The lowest BCUT2D eigenvalue weighted by molar-refractivity contribution is -0.142. The van der Waals surface area contributed by atoms with E-state index >= 15 is 0 Å². The van der Waals surface area contributed by atoms with Crippen LogP contribution < -0.4 is 0 Å². The molecule has 2 aromatic carbocycles. The van der Waals surface area contributed by atoms with Gasteiger partial charge in [-0.25, -0.2) is 4.98 Å². The summed E-state index contributed by atoms with van der Waals surface area (Å²) in [6, 6.07) is 13.4. The van der Waals surface area contributed by atoms with Crippen LogP contribution in [0, 0.1) is 6.92 Å². The van der Waals surface area contributed by atoms with Gasteiger partial charge in [-0.1, -0.05) is 48.4 Å². The van der Waals surface area contributed by atoms with Gasteiger partial charge in [-0.2, -0.15) is 13.2 Å². The second-order valence-corrected chi connectivity index (χ2v) is 9.90. The Kier molecular flexibility index (Phi) is 7.91. The predicted molar refractivity (Wildman–Crippen MR) is 131 cm³/mol. The van der Waals surface area contributed by atoms with Crippen molar-refractivity contribution >= 4 is 17.3 Å². The molecule has 3 aromatic rings. The summed E-state index contributed by atoms with van der Waals surface area (Å²) in [6.45, 7) is 5.93. The molecule has 1 saturated heterocycles. The summed E-state index contributed by atoms with van der Waals surface area (Å²) in [6.07, 6.45) is -1.01. The third kappa shape index (κ3) is 6.11. The van der Waals surface area contributed by atoms with E-state index in [1.165, 1.54) is 29.9 Å². The Morgan fingerprint density at radius 3 is 2.31 bits per heavy atom. The van der Waals surface area contributed by atoms with Gasteiger partial charge in [-0.05, 0) is 57.5 Å². The van der Waals surface area contributed by atoms with Crippen molar-refractivity contribution in [2.24, 2.45) is 0 Å². The van der Waals surface area contributed by atoms with Crippen LogP contribution >= 0.6 is 11.3 Å². The molecule has 0 spiro atoms. The first-order chi connectivity index (χ1) is 16.8. The number of carbonyl (C=O) groups excluding carboxylic acids is 1. The van der Waals surface area contributed by atoms with Crippen molar-refractivity contribution in [1.82, 2.24) is 9.88 Å². The number of ether oxygens (including phenoxy) is 1. The van der Waals surface area contributed by atoms with Crippen LogP contribution in [0.25, 0.3) is 11.3 Å². The maximum absolute atomic E-state index is 13.2. The number of aryl methyl sites for hydroxylation is 1. The molecule has 0 aliphatic carbocycles. The van der Waals surface area contributed by atoms with Gasteiger partial charge in [0.05, 0.1) is 35.2 Å². The number of nitrogens with zero attached hydrogens (tertiary/aromatic N) is 2. The summed E-state index contributed by atoms with van der Waals surface area (Å²) in [5.74, 6) is -0.364. The van der Waals surface area contributed by atoms with Crippen LogP contribution in [0.15, 0.2) is 48.5 Å². The van der Waals surface area contributed by atoms with Crippen LogP contribution in [0.3, 0.4) is 0 Å². The monoisotopic (exact) mass is 502 g/mol. The average molecular weight is 503 g/mol. The van der Waals surface area contributed by atoms with Crippen molar-refractivity contribution < 1.29 is 22.7 Å². The SMILES string of the molecule is CCOC(=O)Cc1nc(-c2ccc(C(F)(F)F)cc2)c(C(c2ccc(C)cc2)N2CCCCC2)s1. The molecule has 1 aliphatic heterocycles. The molecule has 35 heavy (non-hydrogen) atoms. The van der Waals surface area contributed by atoms with Gasteiger partial charge in [0.25, 0.3) is 0 Å². The Bertz CT molecular complexity index is 1130. The molecule has 0 amide bonds. The first kappa shape index (κ1) is 25.4. The number of benzene rings is 2. The highest BCUT2D eigenvalue weighted by Gasteiger charge is 2.32. The van der Waals surface area contributed by atoms with Crippen molar-refractivity contribution in [3.05, 3.63) is 75.1 Å². The summed E-state index contributed by atoms with van der Waals surface area (Å²) in [4.78, 5) is 20.3. The number of halogens is 3. The fraction of sp³-hybridized carbons (Fsp3) is 0.407. The smallest absolute Gasteiger partial charge is 0.416 e. The maximum Gasteiger partial charge on any atom is 0.416 e. The average Bonchev–Trinajstić information content (AvgIpc) is 3.24. The van der Waals surface area contributed by atoms with Gasteiger partial charge in [-0.3, -0.25) is 9.69 Å². The lowest BCUT2D eigenvalue weighted by atomic mass is 9.96. The summed E-state index contributed by atoms with van der Waals surface area (Å²) in [5, 5.41) is 0.600. The molecule has 1 atom stereocenters. The zero-order valence-corrected chi connectivity index (χ0v) is 20.7. The van der Waals surface area contributed by atoms with Gasteiger partial charge < -0.3 is 4.74 Å². The molecule has 4 rings (SSSR count). The number of aromatic nitrogens is 1. The molecule has 4 nitrogen and oxygen atoms in total. The quantitative estimate of drug-likeness (QED) is 0.333. The van der Waals surface area contributed by atoms with Crippen LogP contribution in [-0.4, -0.2) is 35.5 Å².